The lowest BCUT2D eigenvalue weighted by Gasteiger charge is -2.21. The van der Waals surface area contributed by atoms with Gasteiger partial charge in [0.15, 0.2) is 6.23 Å². The summed E-state index contributed by atoms with van der Waals surface area (Å²) in [6, 6.07) is 18.1. The largest absolute Gasteiger partial charge is 0.475 e. The second-order valence-corrected chi connectivity index (χ2v) is 9.39. The van der Waals surface area contributed by atoms with Gasteiger partial charge < -0.3 is 20.7 Å². The molecule has 1 unspecified atom stereocenters. The molecule has 0 spiro atoms. The molecule has 1 fully saturated rings. The van der Waals surface area contributed by atoms with E-state index in [0.717, 1.165) is 22.1 Å². The highest BCUT2D eigenvalue weighted by Gasteiger charge is 2.45. The molecule has 2 aromatic carbocycles. The van der Waals surface area contributed by atoms with Crippen LogP contribution in [0.4, 0.5) is 0 Å². The number of carbonyl (C=O) groups excluding carboxylic acids is 1. The van der Waals surface area contributed by atoms with Crippen LogP contribution >= 0.6 is 7.82 Å². The van der Waals surface area contributed by atoms with Crippen molar-refractivity contribution in [2.75, 3.05) is 6.61 Å². The van der Waals surface area contributed by atoms with E-state index in [1.54, 1.807) is 24.3 Å². The van der Waals surface area contributed by atoms with Crippen molar-refractivity contribution in [1.82, 2.24) is 14.8 Å². The van der Waals surface area contributed by atoms with Gasteiger partial charge in [-0.3, -0.25) is 18.4 Å². The smallest absolute Gasteiger partial charge is 0.387 e. The van der Waals surface area contributed by atoms with Gasteiger partial charge in [-0.25, -0.2) is 14.2 Å². The fourth-order valence-electron chi connectivity index (χ4n) is 3.33. The normalized spacial score (nSPS) is 22.3. The number of nitrogens with two attached hydrogens (primary N) is 1. The third-order valence-corrected chi connectivity index (χ3v) is 6.54. The van der Waals surface area contributed by atoms with Gasteiger partial charge in [-0.1, -0.05) is 60.7 Å². The molecule has 12 nitrogen and oxygen atoms in total. The summed E-state index contributed by atoms with van der Waals surface area (Å²) < 4.78 is 36.7. The van der Waals surface area contributed by atoms with E-state index in [0.29, 0.717) is 0 Å². The highest BCUT2D eigenvalue weighted by Crippen LogP contribution is 2.51. The predicted octanol–water partition coefficient (Wildman–Crippen LogP) is 1.55. The Hall–Kier alpha value is -2.96. The first-order chi connectivity index (χ1) is 16.8. The van der Waals surface area contributed by atoms with Crippen molar-refractivity contribution >= 4 is 13.7 Å². The van der Waals surface area contributed by atoms with E-state index >= 15 is 0 Å². The zero-order valence-corrected chi connectivity index (χ0v) is 19.4. The molecular formula is C22H25N4O8P. The summed E-state index contributed by atoms with van der Waals surface area (Å²) in [7, 11) is -4.12. The number of nitrogens with zero attached hydrogens (tertiary/aromatic N) is 3. The van der Waals surface area contributed by atoms with Gasteiger partial charge in [-0.05, 0) is 11.1 Å². The van der Waals surface area contributed by atoms with Crippen LogP contribution in [-0.2, 0) is 36.1 Å². The number of amides is 1. The minimum atomic E-state index is -4.12. The summed E-state index contributed by atoms with van der Waals surface area (Å²) in [6.45, 7) is -0.505. The molecular weight excluding hydrogens is 479 g/mol. The van der Waals surface area contributed by atoms with Gasteiger partial charge >= 0.3 is 7.82 Å². The molecule has 1 aliphatic heterocycles. The highest BCUT2D eigenvalue weighted by molar-refractivity contribution is 7.48. The average Bonchev–Trinajstić information content (AvgIpc) is 3.47. The van der Waals surface area contributed by atoms with Crippen molar-refractivity contribution in [3.8, 4) is 0 Å². The number of benzene rings is 2. The number of rotatable bonds is 11. The molecule has 13 heteroatoms. The first-order valence-corrected chi connectivity index (χ1v) is 12.1. The Balaban J connectivity index is 1.42. The Morgan fingerprint density at radius 2 is 1.54 bits per heavy atom. The Morgan fingerprint density at radius 1 is 0.971 bits per heavy atom. The maximum atomic E-state index is 13.4. The molecule has 4 N–H and O–H groups in total. The molecule has 4 rings (SSSR count). The van der Waals surface area contributed by atoms with Crippen LogP contribution in [0.1, 0.15) is 28.0 Å². The Kier molecular flexibility index (Phi) is 8.04. The molecule has 4 atom stereocenters. The van der Waals surface area contributed by atoms with E-state index in [-0.39, 0.29) is 19.0 Å². The van der Waals surface area contributed by atoms with Gasteiger partial charge in [-0.2, -0.15) is 0 Å². The molecule has 3 aromatic rings. The Bertz CT molecular complexity index is 1120. The number of carbonyl (C=O) groups is 1. The summed E-state index contributed by atoms with van der Waals surface area (Å²) in [5.74, 6) is -1.13. The molecule has 0 aliphatic carbocycles. The third-order valence-electron chi connectivity index (χ3n) is 5.19. The molecule has 0 radical (unpaired) electrons. The predicted molar refractivity (Wildman–Crippen MR) is 120 cm³/mol. The number of hydrogen-bond acceptors (Lipinski definition) is 10. The maximum absolute atomic E-state index is 13.4. The molecule has 2 heterocycles. The molecule has 186 valence electrons. The molecule has 0 saturated carbocycles. The number of primary amides is 1. The van der Waals surface area contributed by atoms with Crippen LogP contribution in [-0.4, -0.2) is 55.8 Å². The van der Waals surface area contributed by atoms with E-state index in [9.17, 15) is 19.6 Å². The van der Waals surface area contributed by atoms with Crippen LogP contribution in [0.25, 0.3) is 0 Å². The van der Waals surface area contributed by atoms with Gasteiger partial charge in [0.05, 0.1) is 19.8 Å². The number of aliphatic hydroxyl groups excluding tert-OH is 2. The molecule has 0 bridgehead atoms. The maximum Gasteiger partial charge on any atom is 0.475 e. The van der Waals surface area contributed by atoms with Crippen molar-refractivity contribution in [1.29, 1.82) is 0 Å². The Labute approximate surface area is 200 Å². The molecule has 1 aliphatic rings. The van der Waals surface area contributed by atoms with Gasteiger partial charge in [-0.15, -0.1) is 5.10 Å². The summed E-state index contributed by atoms with van der Waals surface area (Å²) in [4.78, 5) is 15.0. The standard InChI is InChI=1S/C22H25N4O8P/c23-20(29)21-24-14-26(25-21)22-19(28)18(27)17(34-22)13-33-35(30,31-11-15-7-3-1-4-8-15)32-12-16-9-5-2-6-10-16/h1-10,14,17-19,22,27-28H,11-13H2,(H2,23,29)/t17-,18?,19-,22-/m1/s1. The second-order valence-electron chi connectivity index (χ2n) is 7.72. The lowest BCUT2D eigenvalue weighted by molar-refractivity contribution is -0.0604. The van der Waals surface area contributed by atoms with Crippen LogP contribution < -0.4 is 5.73 Å². The number of phosphoric ester groups is 1. The van der Waals surface area contributed by atoms with E-state index in [2.05, 4.69) is 10.1 Å². The van der Waals surface area contributed by atoms with Gasteiger partial charge in [0.25, 0.3) is 5.91 Å². The summed E-state index contributed by atoms with van der Waals surface area (Å²) in [5, 5.41) is 24.7. The number of aliphatic hydroxyl groups is 2. The number of ether oxygens (including phenoxy) is 1. The first kappa shape index (κ1) is 25.1. The summed E-state index contributed by atoms with van der Waals surface area (Å²) in [5.41, 5.74) is 6.65. The van der Waals surface area contributed by atoms with Crippen molar-refractivity contribution < 1.29 is 37.9 Å². The number of aromatic nitrogens is 3. The molecule has 1 aromatic heterocycles. The van der Waals surface area contributed by atoms with E-state index < -0.39 is 44.9 Å². The molecule has 1 amide bonds. The number of phosphoric acid groups is 1. The van der Waals surface area contributed by atoms with Gasteiger partial charge in [0.2, 0.25) is 5.82 Å². The fourth-order valence-corrected chi connectivity index (χ4v) is 4.50. The van der Waals surface area contributed by atoms with Gasteiger partial charge in [0, 0.05) is 0 Å². The zero-order chi connectivity index (χ0) is 24.8. The molecule has 1 saturated heterocycles. The average molecular weight is 504 g/mol. The first-order valence-electron chi connectivity index (χ1n) is 10.7. The minimum absolute atomic E-state index is 0.0406. The van der Waals surface area contributed by atoms with Crippen LogP contribution in [0.15, 0.2) is 67.0 Å². The minimum Gasteiger partial charge on any atom is -0.387 e. The van der Waals surface area contributed by atoms with E-state index in [1.165, 1.54) is 0 Å². The molecule has 35 heavy (non-hydrogen) atoms. The van der Waals surface area contributed by atoms with Gasteiger partial charge in [0.1, 0.15) is 24.6 Å². The topological polar surface area (TPSA) is 168 Å². The van der Waals surface area contributed by atoms with Crippen molar-refractivity contribution in [2.24, 2.45) is 5.73 Å². The van der Waals surface area contributed by atoms with E-state index in [1.807, 2.05) is 36.4 Å². The fraction of sp³-hybridized carbons (Fsp3) is 0.318. The summed E-state index contributed by atoms with van der Waals surface area (Å²) >= 11 is 0. The van der Waals surface area contributed by atoms with Crippen LogP contribution in [0.2, 0.25) is 0 Å². The van der Waals surface area contributed by atoms with Crippen LogP contribution in [0.3, 0.4) is 0 Å². The zero-order valence-electron chi connectivity index (χ0n) is 18.5. The lowest BCUT2D eigenvalue weighted by Crippen LogP contribution is -2.33. The van der Waals surface area contributed by atoms with Crippen molar-refractivity contribution in [3.05, 3.63) is 83.9 Å². The Morgan fingerprint density at radius 3 is 2.06 bits per heavy atom. The summed E-state index contributed by atoms with van der Waals surface area (Å²) in [6.07, 6.45) is -3.99. The number of hydrogen-bond donors (Lipinski definition) is 3. The van der Waals surface area contributed by atoms with Crippen molar-refractivity contribution in [3.63, 3.8) is 0 Å². The van der Waals surface area contributed by atoms with Crippen LogP contribution in [0.5, 0.6) is 0 Å². The van der Waals surface area contributed by atoms with Crippen LogP contribution in [0, 0.1) is 0 Å². The SMILES string of the molecule is NC(=O)c1ncn([C@@H]2O[C@H](COP(=O)(OCc3ccccc3)OCc3ccccc3)C(O)[C@H]2O)n1. The van der Waals surface area contributed by atoms with E-state index in [4.69, 9.17) is 24.0 Å². The van der Waals surface area contributed by atoms with Crippen molar-refractivity contribution in [2.45, 2.75) is 37.8 Å². The quantitative estimate of drug-likeness (QED) is 0.326. The lowest BCUT2D eigenvalue weighted by atomic mass is 10.1. The third kappa shape index (κ3) is 6.38. The second kappa shape index (κ2) is 11.2. The monoisotopic (exact) mass is 504 g/mol. The highest BCUT2D eigenvalue weighted by atomic mass is 31.2.